The Labute approximate surface area is 218 Å². The Morgan fingerprint density at radius 1 is 0.571 bits per heavy atom. The van der Waals surface area contributed by atoms with E-state index in [4.69, 9.17) is 32.7 Å². The van der Waals surface area contributed by atoms with Gasteiger partial charge in [0.05, 0.1) is 0 Å². The van der Waals surface area contributed by atoms with E-state index in [1.807, 2.05) is 24.3 Å². The van der Waals surface area contributed by atoms with Crippen LogP contribution in [0.3, 0.4) is 0 Å². The molecule has 35 heavy (non-hydrogen) atoms. The third-order valence-corrected chi connectivity index (χ3v) is 7.29. The van der Waals surface area contributed by atoms with Gasteiger partial charge in [0.1, 0.15) is 11.1 Å². The largest absolute Gasteiger partial charge is 0.365 e. The summed E-state index contributed by atoms with van der Waals surface area (Å²) < 4.78 is 11.1. The maximum atomic E-state index is 6.65. The minimum absolute atomic E-state index is 0.0185. The molecule has 0 aliphatic heterocycles. The molecular formula is C31H30Cl2O2. The second kappa shape index (κ2) is 12.4. The first kappa shape index (κ1) is 25.5. The molecule has 0 fully saturated rings. The van der Waals surface area contributed by atoms with Gasteiger partial charge in [-0.1, -0.05) is 132 Å². The van der Waals surface area contributed by atoms with Crippen molar-refractivity contribution in [1.29, 1.82) is 0 Å². The Hall–Kier alpha value is -2.62. The number of hydrogen-bond donors (Lipinski definition) is 0. The number of halogens is 2. The van der Waals surface area contributed by atoms with Crippen molar-refractivity contribution in [3.63, 3.8) is 0 Å². The van der Waals surface area contributed by atoms with Crippen molar-refractivity contribution in [3.05, 3.63) is 131 Å². The smallest absolute Gasteiger partial charge is 0.141 e. The van der Waals surface area contributed by atoms with E-state index in [2.05, 4.69) is 84.9 Å². The number of rotatable bonds is 10. The Morgan fingerprint density at radius 3 is 1.69 bits per heavy atom. The average molecular weight is 505 g/mol. The lowest BCUT2D eigenvalue weighted by Gasteiger charge is -2.24. The summed E-state index contributed by atoms with van der Waals surface area (Å²) in [5.41, 5.74) is 5.93. The van der Waals surface area contributed by atoms with E-state index < -0.39 is 11.1 Å². The molecule has 4 aromatic carbocycles. The molecule has 4 rings (SSSR count). The van der Waals surface area contributed by atoms with Crippen molar-refractivity contribution in [3.8, 4) is 11.1 Å². The van der Waals surface area contributed by atoms with Gasteiger partial charge in [0, 0.05) is 26.1 Å². The predicted octanol–water partition coefficient (Wildman–Crippen LogP) is 8.23. The van der Waals surface area contributed by atoms with Gasteiger partial charge in [0.15, 0.2) is 0 Å². The van der Waals surface area contributed by atoms with Crippen LogP contribution in [0.2, 0.25) is 0 Å². The van der Waals surface area contributed by atoms with Crippen LogP contribution in [0.25, 0.3) is 11.1 Å². The zero-order valence-electron chi connectivity index (χ0n) is 20.0. The second-order valence-corrected chi connectivity index (χ2v) is 9.47. The minimum Gasteiger partial charge on any atom is -0.365 e. The van der Waals surface area contributed by atoms with E-state index in [0.29, 0.717) is 0 Å². The summed E-state index contributed by atoms with van der Waals surface area (Å²) in [5, 5.41) is 0. The molecule has 180 valence electrons. The fraction of sp³-hybridized carbons (Fsp3) is 0.226. The molecule has 0 aliphatic carbocycles. The van der Waals surface area contributed by atoms with E-state index in [1.54, 1.807) is 14.2 Å². The molecule has 0 spiro atoms. The quantitative estimate of drug-likeness (QED) is 0.202. The van der Waals surface area contributed by atoms with Crippen molar-refractivity contribution in [2.24, 2.45) is 0 Å². The van der Waals surface area contributed by atoms with Crippen LogP contribution in [0.15, 0.2) is 109 Å². The zero-order valence-corrected chi connectivity index (χ0v) is 21.5. The molecule has 0 radical (unpaired) electrons. The van der Waals surface area contributed by atoms with Crippen LogP contribution >= 0.6 is 23.2 Å². The van der Waals surface area contributed by atoms with E-state index in [1.165, 1.54) is 5.56 Å². The standard InChI is InChI=1S/C31H30Cl2O2/c1-34-30(32)28(19-22-11-5-3-6-12-22)26-17-9-15-24(20-26)25-16-10-18-27(21-25)29(31(33)35-2)23-13-7-4-8-14-23/h3-18,20-21,28-31H,19H2,1-2H3. The molecule has 0 amide bonds. The minimum atomic E-state index is -0.479. The fourth-order valence-corrected chi connectivity index (χ4v) is 5.07. The SMILES string of the molecule is COC(Cl)C(Cc1ccccc1)c1cccc(-c2cccc(C(c3ccccc3)C(Cl)OC)c2)c1. The van der Waals surface area contributed by atoms with Crippen LogP contribution in [-0.4, -0.2) is 25.3 Å². The van der Waals surface area contributed by atoms with Gasteiger partial charge in [-0.15, -0.1) is 0 Å². The highest BCUT2D eigenvalue weighted by Gasteiger charge is 2.24. The van der Waals surface area contributed by atoms with Crippen LogP contribution < -0.4 is 0 Å². The normalized spacial score (nSPS) is 14.7. The zero-order chi connectivity index (χ0) is 24.6. The van der Waals surface area contributed by atoms with Crippen LogP contribution in [-0.2, 0) is 15.9 Å². The van der Waals surface area contributed by atoms with E-state index in [9.17, 15) is 0 Å². The second-order valence-electron chi connectivity index (χ2n) is 8.61. The van der Waals surface area contributed by atoms with Gasteiger partial charge in [-0.3, -0.25) is 0 Å². The van der Waals surface area contributed by atoms with Gasteiger partial charge in [0.2, 0.25) is 0 Å². The molecule has 0 N–H and O–H groups in total. The monoisotopic (exact) mass is 504 g/mol. The molecule has 0 aliphatic rings. The molecule has 4 unspecified atom stereocenters. The molecule has 0 heterocycles. The van der Waals surface area contributed by atoms with E-state index in [-0.39, 0.29) is 11.8 Å². The lowest BCUT2D eigenvalue weighted by molar-refractivity contribution is 0.143. The summed E-state index contributed by atoms with van der Waals surface area (Å²) >= 11 is 13.3. The van der Waals surface area contributed by atoms with Crippen LogP contribution in [0.5, 0.6) is 0 Å². The first-order chi connectivity index (χ1) is 17.1. The fourth-order valence-electron chi connectivity index (χ4n) is 4.55. The van der Waals surface area contributed by atoms with Gasteiger partial charge >= 0.3 is 0 Å². The van der Waals surface area contributed by atoms with Crippen molar-refractivity contribution in [2.75, 3.05) is 14.2 Å². The maximum Gasteiger partial charge on any atom is 0.141 e. The first-order valence-corrected chi connectivity index (χ1v) is 12.6. The van der Waals surface area contributed by atoms with Crippen LogP contribution in [0, 0.1) is 0 Å². The summed E-state index contributed by atoms with van der Waals surface area (Å²) in [4.78, 5) is 0. The first-order valence-electron chi connectivity index (χ1n) is 11.7. The summed E-state index contributed by atoms with van der Waals surface area (Å²) in [5.74, 6) is -0.0671. The molecule has 4 heteroatoms. The highest BCUT2D eigenvalue weighted by atomic mass is 35.5. The van der Waals surface area contributed by atoms with E-state index in [0.717, 1.165) is 34.2 Å². The third-order valence-electron chi connectivity index (χ3n) is 6.38. The predicted molar refractivity (Wildman–Crippen MR) is 146 cm³/mol. The molecule has 4 aromatic rings. The third kappa shape index (κ3) is 6.34. The average Bonchev–Trinajstić information content (AvgIpc) is 2.92. The molecule has 0 bridgehead atoms. The van der Waals surface area contributed by atoms with Gasteiger partial charge in [-0.05, 0) is 39.8 Å². The van der Waals surface area contributed by atoms with Crippen molar-refractivity contribution in [2.45, 2.75) is 29.4 Å². The molecular weight excluding hydrogens is 475 g/mol. The number of benzene rings is 4. The topological polar surface area (TPSA) is 18.5 Å². The van der Waals surface area contributed by atoms with Gasteiger partial charge in [-0.2, -0.15) is 0 Å². The number of ether oxygens (including phenoxy) is 2. The molecule has 2 nitrogen and oxygen atoms in total. The summed E-state index contributed by atoms with van der Waals surface area (Å²) in [6.45, 7) is 0. The highest BCUT2D eigenvalue weighted by molar-refractivity contribution is 6.20. The number of hydrogen-bond acceptors (Lipinski definition) is 2. The van der Waals surface area contributed by atoms with Crippen LogP contribution in [0.1, 0.15) is 34.1 Å². The van der Waals surface area contributed by atoms with Crippen LogP contribution in [0.4, 0.5) is 0 Å². The van der Waals surface area contributed by atoms with Gasteiger partial charge in [-0.25, -0.2) is 0 Å². The Balaban J connectivity index is 1.69. The van der Waals surface area contributed by atoms with E-state index >= 15 is 0 Å². The Morgan fingerprint density at radius 2 is 1.09 bits per heavy atom. The number of methoxy groups -OCH3 is 2. The Bertz CT molecular complexity index is 1200. The molecule has 4 atom stereocenters. The molecule has 0 aromatic heterocycles. The molecule has 0 saturated heterocycles. The Kier molecular flexibility index (Phi) is 9.01. The summed E-state index contributed by atoms with van der Waals surface area (Å²) in [6, 6.07) is 37.7. The van der Waals surface area contributed by atoms with Crippen molar-refractivity contribution >= 4 is 23.2 Å². The molecule has 0 saturated carbocycles. The highest BCUT2D eigenvalue weighted by Crippen LogP contribution is 2.35. The summed E-state index contributed by atoms with van der Waals surface area (Å²) in [6.07, 6.45) is 0.796. The van der Waals surface area contributed by atoms with Crippen molar-refractivity contribution < 1.29 is 9.47 Å². The number of alkyl halides is 2. The van der Waals surface area contributed by atoms with Gasteiger partial charge < -0.3 is 9.47 Å². The van der Waals surface area contributed by atoms with Crippen molar-refractivity contribution in [1.82, 2.24) is 0 Å². The maximum absolute atomic E-state index is 6.65. The lowest BCUT2D eigenvalue weighted by atomic mass is 9.88. The lowest BCUT2D eigenvalue weighted by Crippen LogP contribution is -2.17. The summed E-state index contributed by atoms with van der Waals surface area (Å²) in [7, 11) is 3.30. The van der Waals surface area contributed by atoms with Gasteiger partial charge in [0.25, 0.3) is 0 Å².